The molecule has 0 spiro atoms. The lowest BCUT2D eigenvalue weighted by atomic mass is 10.2. The molecule has 0 fully saturated rings. The molecule has 3 aromatic rings. The van der Waals surface area contributed by atoms with Crippen LogP contribution in [0, 0.1) is 0 Å². The molecule has 1 aliphatic rings. The third-order valence-corrected chi connectivity index (χ3v) is 5.26. The fourth-order valence-corrected chi connectivity index (χ4v) is 3.50. The van der Waals surface area contributed by atoms with Crippen LogP contribution in [0.15, 0.2) is 60.0 Å². The highest BCUT2D eigenvalue weighted by atomic mass is 32.1. The highest BCUT2D eigenvalue weighted by molar-refractivity contribution is 7.13. The summed E-state index contributed by atoms with van der Waals surface area (Å²) in [5.74, 6) is -1.09. The largest absolute Gasteiger partial charge is 0.485 e. The molecule has 0 radical (unpaired) electrons. The van der Waals surface area contributed by atoms with Gasteiger partial charge in [-0.25, -0.2) is 9.78 Å². The van der Waals surface area contributed by atoms with Gasteiger partial charge in [-0.1, -0.05) is 42.5 Å². The first kappa shape index (κ1) is 22.1. The standard InChI is InChI=1S/C22H20N4O6S/c27-19(25-26-20(28)18-11-30-16-8-4-5-9-17(16)32-18)12-31-21(29)15-13-33-22(24-15)23-10-14-6-2-1-3-7-14/h1-9,13,18H,10-12H2,(H,23,24)(H,25,27)(H,26,28). The van der Waals surface area contributed by atoms with Gasteiger partial charge in [0.15, 0.2) is 28.9 Å². The number of nitrogens with zero attached hydrogens (tertiary/aromatic N) is 1. The first-order valence-electron chi connectivity index (χ1n) is 9.96. The van der Waals surface area contributed by atoms with Crippen LogP contribution in [0.5, 0.6) is 11.5 Å². The van der Waals surface area contributed by atoms with Gasteiger partial charge in [0.25, 0.3) is 11.8 Å². The number of carbonyl (C=O) groups excluding carboxylic acids is 3. The van der Waals surface area contributed by atoms with Gasteiger partial charge in [0.1, 0.15) is 6.61 Å². The Bertz CT molecular complexity index is 1140. The van der Waals surface area contributed by atoms with Crippen LogP contribution in [0.25, 0.3) is 0 Å². The lowest BCUT2D eigenvalue weighted by Crippen LogP contribution is -2.51. The van der Waals surface area contributed by atoms with Crippen LogP contribution in [-0.4, -0.2) is 42.1 Å². The number of hydrazine groups is 1. The van der Waals surface area contributed by atoms with Crippen molar-refractivity contribution >= 4 is 34.3 Å². The molecule has 4 rings (SSSR count). The molecule has 1 aromatic heterocycles. The molecule has 10 nitrogen and oxygen atoms in total. The maximum absolute atomic E-state index is 12.2. The van der Waals surface area contributed by atoms with Gasteiger partial charge in [0.2, 0.25) is 6.10 Å². The van der Waals surface area contributed by atoms with Crippen LogP contribution in [0.2, 0.25) is 0 Å². The van der Waals surface area contributed by atoms with E-state index in [4.69, 9.17) is 14.2 Å². The molecule has 11 heteroatoms. The Kier molecular flexibility index (Phi) is 7.00. The molecule has 1 atom stereocenters. The van der Waals surface area contributed by atoms with Crippen LogP contribution in [0.3, 0.4) is 0 Å². The minimum Gasteiger partial charge on any atom is -0.485 e. The van der Waals surface area contributed by atoms with E-state index in [1.165, 1.54) is 16.7 Å². The lowest BCUT2D eigenvalue weighted by Gasteiger charge is -2.25. The molecule has 2 aromatic carbocycles. The number of carbonyl (C=O) groups is 3. The topological polar surface area (TPSA) is 128 Å². The van der Waals surface area contributed by atoms with Crippen molar-refractivity contribution in [2.45, 2.75) is 12.6 Å². The van der Waals surface area contributed by atoms with Crippen LogP contribution >= 0.6 is 11.3 Å². The number of rotatable bonds is 7. The first-order valence-corrected chi connectivity index (χ1v) is 10.8. The Morgan fingerprint density at radius 2 is 1.79 bits per heavy atom. The molecule has 170 valence electrons. The molecule has 0 saturated carbocycles. The predicted molar refractivity (Wildman–Crippen MR) is 119 cm³/mol. The summed E-state index contributed by atoms with van der Waals surface area (Å²) >= 11 is 1.25. The van der Waals surface area contributed by atoms with E-state index in [9.17, 15) is 14.4 Å². The van der Waals surface area contributed by atoms with Crippen molar-refractivity contribution < 1.29 is 28.6 Å². The quantitative estimate of drug-likeness (QED) is 0.354. The summed E-state index contributed by atoms with van der Waals surface area (Å²) in [6.07, 6.45) is -0.931. The number of hydrogen-bond acceptors (Lipinski definition) is 9. The SMILES string of the molecule is O=C(COC(=O)c1csc(NCc2ccccc2)n1)NNC(=O)C1COc2ccccc2O1. The van der Waals surface area contributed by atoms with Gasteiger partial charge < -0.3 is 19.5 Å². The van der Waals surface area contributed by atoms with E-state index in [-0.39, 0.29) is 12.3 Å². The average molecular weight is 468 g/mol. The minimum atomic E-state index is -0.931. The summed E-state index contributed by atoms with van der Waals surface area (Å²) in [5.41, 5.74) is 5.55. The summed E-state index contributed by atoms with van der Waals surface area (Å²) < 4.78 is 16.0. The maximum atomic E-state index is 12.2. The van der Waals surface area contributed by atoms with E-state index < -0.39 is 30.5 Å². The van der Waals surface area contributed by atoms with Crippen molar-refractivity contribution in [3.05, 3.63) is 71.2 Å². The van der Waals surface area contributed by atoms with E-state index in [1.807, 2.05) is 30.3 Å². The molecule has 1 unspecified atom stereocenters. The normalized spacial score (nSPS) is 14.1. The lowest BCUT2D eigenvalue weighted by molar-refractivity contribution is -0.135. The van der Waals surface area contributed by atoms with Crippen molar-refractivity contribution in [3.63, 3.8) is 0 Å². The molecule has 0 saturated heterocycles. The fraction of sp³-hybridized carbons (Fsp3) is 0.182. The predicted octanol–water partition coefficient (Wildman–Crippen LogP) is 1.90. The van der Waals surface area contributed by atoms with Crippen molar-refractivity contribution in [1.29, 1.82) is 0 Å². The molecule has 2 amide bonds. The Hall–Kier alpha value is -4.12. The molecule has 0 aliphatic carbocycles. The second kappa shape index (κ2) is 10.5. The number of nitrogens with one attached hydrogen (secondary N) is 3. The van der Waals surface area contributed by atoms with E-state index in [2.05, 4.69) is 21.2 Å². The monoisotopic (exact) mass is 468 g/mol. The van der Waals surface area contributed by atoms with E-state index in [0.717, 1.165) is 5.56 Å². The number of fused-ring (bicyclic) bond motifs is 1. The van der Waals surface area contributed by atoms with Gasteiger partial charge >= 0.3 is 5.97 Å². The number of hydrogen-bond donors (Lipinski definition) is 3. The molecule has 1 aliphatic heterocycles. The molecule has 0 bridgehead atoms. The van der Waals surface area contributed by atoms with E-state index in [0.29, 0.717) is 23.2 Å². The molecular formula is C22H20N4O6S. The summed E-state index contributed by atoms with van der Waals surface area (Å²) in [7, 11) is 0. The molecular weight excluding hydrogens is 448 g/mol. The van der Waals surface area contributed by atoms with Crippen molar-refractivity contribution in [1.82, 2.24) is 15.8 Å². The number of anilines is 1. The first-order chi connectivity index (χ1) is 16.1. The summed E-state index contributed by atoms with van der Waals surface area (Å²) in [6, 6.07) is 16.7. The smallest absolute Gasteiger partial charge is 0.358 e. The van der Waals surface area contributed by atoms with Gasteiger partial charge in [-0.05, 0) is 17.7 Å². The van der Waals surface area contributed by atoms with Crippen LogP contribution in [-0.2, 0) is 20.9 Å². The van der Waals surface area contributed by atoms with Gasteiger partial charge in [-0.15, -0.1) is 11.3 Å². The number of thiazole rings is 1. The fourth-order valence-electron chi connectivity index (χ4n) is 2.82. The second-order valence-electron chi connectivity index (χ2n) is 6.85. The number of para-hydroxylation sites is 2. The summed E-state index contributed by atoms with van der Waals surface area (Å²) in [6.45, 7) is -0.0290. The molecule has 33 heavy (non-hydrogen) atoms. The number of ether oxygens (including phenoxy) is 3. The number of aromatic nitrogens is 1. The number of amides is 2. The third kappa shape index (κ3) is 5.98. The average Bonchev–Trinajstić information content (AvgIpc) is 3.34. The van der Waals surface area contributed by atoms with E-state index >= 15 is 0 Å². The zero-order valence-electron chi connectivity index (χ0n) is 17.3. The number of benzene rings is 2. The third-order valence-electron chi connectivity index (χ3n) is 4.46. The van der Waals surface area contributed by atoms with Crippen LogP contribution in [0.4, 0.5) is 5.13 Å². The van der Waals surface area contributed by atoms with E-state index in [1.54, 1.807) is 24.3 Å². The van der Waals surface area contributed by atoms with Crippen molar-refractivity contribution in [2.75, 3.05) is 18.5 Å². The van der Waals surface area contributed by atoms with Gasteiger partial charge in [-0.3, -0.25) is 20.4 Å². The van der Waals surface area contributed by atoms with Crippen molar-refractivity contribution in [3.8, 4) is 11.5 Å². The Balaban J connectivity index is 1.17. The second-order valence-corrected chi connectivity index (χ2v) is 7.71. The van der Waals surface area contributed by atoms with Crippen molar-refractivity contribution in [2.24, 2.45) is 0 Å². The Morgan fingerprint density at radius 1 is 1.03 bits per heavy atom. The highest BCUT2D eigenvalue weighted by Crippen LogP contribution is 2.30. The number of esters is 1. The Morgan fingerprint density at radius 3 is 2.61 bits per heavy atom. The highest BCUT2D eigenvalue weighted by Gasteiger charge is 2.27. The Labute approximate surface area is 192 Å². The zero-order chi connectivity index (χ0) is 23.0. The zero-order valence-corrected chi connectivity index (χ0v) is 18.1. The molecule has 3 N–H and O–H groups in total. The van der Waals surface area contributed by atoms with Gasteiger partial charge in [0.05, 0.1) is 0 Å². The summed E-state index contributed by atoms with van der Waals surface area (Å²) in [4.78, 5) is 40.4. The minimum absolute atomic E-state index is 0.00182. The summed E-state index contributed by atoms with van der Waals surface area (Å²) in [5, 5.41) is 5.21. The van der Waals surface area contributed by atoms with Crippen LogP contribution in [0.1, 0.15) is 16.1 Å². The maximum Gasteiger partial charge on any atom is 0.358 e. The molecule has 2 heterocycles. The van der Waals surface area contributed by atoms with Crippen LogP contribution < -0.4 is 25.6 Å². The van der Waals surface area contributed by atoms with Gasteiger partial charge in [-0.2, -0.15) is 0 Å². The van der Waals surface area contributed by atoms with Gasteiger partial charge in [0, 0.05) is 11.9 Å².